The Balaban J connectivity index is 0.853. The van der Waals surface area contributed by atoms with E-state index in [2.05, 4.69) is 30.3 Å². The first kappa shape index (κ1) is 45.1. The molecular weight excluding hydrogens is 873 g/mol. The number of carbonyl (C=O) groups is 4. The van der Waals surface area contributed by atoms with Gasteiger partial charge >= 0.3 is 10.2 Å². The summed E-state index contributed by atoms with van der Waals surface area (Å²) in [5, 5.41) is 5.61. The number of nitrogens with one attached hydrogen (secondary N) is 4. The Kier molecular flexibility index (Phi) is 12.6. The van der Waals surface area contributed by atoms with Crippen LogP contribution in [-0.4, -0.2) is 132 Å². The highest BCUT2D eigenvalue weighted by molar-refractivity contribution is 7.90. The fraction of sp³-hybridized carbons (Fsp3) is 0.364. The second kappa shape index (κ2) is 18.2. The lowest BCUT2D eigenvalue weighted by Crippen LogP contribution is -2.54. The first-order valence-corrected chi connectivity index (χ1v) is 22.5. The highest BCUT2D eigenvalue weighted by Gasteiger charge is 2.46. The van der Waals surface area contributed by atoms with Crippen LogP contribution in [0.3, 0.4) is 0 Å². The standard InChI is InChI=1S/C44H46F4N10O6S/c1-3-55(2)65(63,64)54-34-10-9-33(45)39(40(34)46)41(61)31-23-51-42-30(31)20-28(22-50-42)27-6-12-36(49-21-27)57-16-18-58(19-17-57)38(60)24-56-15-14-32(44(47,48)25-56)26-4-7-29(8-5-26)52-35-11-13-37(59)53-43(35)62/h4-10,12,20-23,32,35,52,54H,3,11,13-19,24-25H2,1-2H3,(H,50,51)(H,53,59,62)/t32-,35+/m0/s1. The van der Waals surface area contributed by atoms with Gasteiger partial charge in [0.05, 0.1) is 30.3 Å². The zero-order valence-electron chi connectivity index (χ0n) is 35.4. The van der Waals surface area contributed by atoms with Crippen molar-refractivity contribution in [2.75, 3.05) is 74.3 Å². The number of H-pyrrole nitrogens is 1. The number of ketones is 1. The number of fused-ring (bicyclic) bond motifs is 1. The Morgan fingerprint density at radius 2 is 1.68 bits per heavy atom. The maximum atomic E-state index is 15.6. The largest absolute Gasteiger partial charge is 0.374 e. The summed E-state index contributed by atoms with van der Waals surface area (Å²) in [5.41, 5.74) is 0.907. The van der Waals surface area contributed by atoms with Crippen molar-refractivity contribution in [2.24, 2.45) is 0 Å². The number of aromatic nitrogens is 3. The molecule has 0 saturated carbocycles. The molecule has 4 N–H and O–H groups in total. The second-order valence-electron chi connectivity index (χ2n) is 16.3. The molecule has 0 radical (unpaired) electrons. The average molecular weight is 919 g/mol. The van der Waals surface area contributed by atoms with Gasteiger partial charge in [-0.1, -0.05) is 19.1 Å². The van der Waals surface area contributed by atoms with E-state index in [-0.39, 0.29) is 54.3 Å². The van der Waals surface area contributed by atoms with Crippen LogP contribution in [0.4, 0.5) is 34.8 Å². The third-order valence-electron chi connectivity index (χ3n) is 12.2. The van der Waals surface area contributed by atoms with Crippen LogP contribution >= 0.6 is 0 Å². The summed E-state index contributed by atoms with van der Waals surface area (Å²) in [6.45, 7) is 2.93. The number of benzene rings is 2. The predicted molar refractivity (Wildman–Crippen MR) is 234 cm³/mol. The molecule has 6 heterocycles. The molecule has 2 aromatic carbocycles. The number of anilines is 3. The third-order valence-corrected chi connectivity index (χ3v) is 13.7. The molecular formula is C44H46F4N10O6S. The van der Waals surface area contributed by atoms with Crippen molar-refractivity contribution in [1.29, 1.82) is 0 Å². The molecule has 16 nitrogen and oxygen atoms in total. The Morgan fingerprint density at radius 3 is 2.35 bits per heavy atom. The minimum atomic E-state index is -4.17. The summed E-state index contributed by atoms with van der Waals surface area (Å²) >= 11 is 0. The van der Waals surface area contributed by atoms with Crippen molar-refractivity contribution in [3.63, 3.8) is 0 Å². The fourth-order valence-electron chi connectivity index (χ4n) is 8.33. The minimum Gasteiger partial charge on any atom is -0.374 e. The van der Waals surface area contributed by atoms with Gasteiger partial charge in [-0.25, -0.2) is 27.5 Å². The first-order valence-electron chi connectivity index (χ1n) is 21.0. The smallest absolute Gasteiger partial charge is 0.301 e. The number of piperidine rings is 2. The molecule has 0 aliphatic carbocycles. The minimum absolute atomic E-state index is 0.0836. The Labute approximate surface area is 371 Å². The summed E-state index contributed by atoms with van der Waals surface area (Å²) < 4.78 is 89.8. The van der Waals surface area contributed by atoms with Crippen molar-refractivity contribution in [2.45, 2.75) is 44.1 Å². The molecule has 65 heavy (non-hydrogen) atoms. The van der Waals surface area contributed by atoms with E-state index in [1.54, 1.807) is 66.7 Å². The van der Waals surface area contributed by atoms with Crippen molar-refractivity contribution in [3.05, 3.63) is 102 Å². The van der Waals surface area contributed by atoms with Crippen molar-refractivity contribution in [3.8, 4) is 11.1 Å². The van der Waals surface area contributed by atoms with E-state index >= 15 is 17.6 Å². The van der Waals surface area contributed by atoms with Gasteiger partial charge in [-0.2, -0.15) is 12.7 Å². The molecule has 3 saturated heterocycles. The molecule has 0 bridgehead atoms. The van der Waals surface area contributed by atoms with E-state index in [1.807, 2.05) is 4.90 Å². The number of hydrogen-bond acceptors (Lipinski definition) is 11. The second-order valence-corrected chi connectivity index (χ2v) is 18.1. The van der Waals surface area contributed by atoms with E-state index in [9.17, 15) is 27.6 Å². The van der Waals surface area contributed by atoms with E-state index < -0.39 is 69.2 Å². The van der Waals surface area contributed by atoms with Crippen LogP contribution in [0.25, 0.3) is 22.2 Å². The topological polar surface area (TPSA) is 193 Å². The average Bonchev–Trinajstić information content (AvgIpc) is 3.72. The normalized spacial score (nSPS) is 19.4. The quantitative estimate of drug-likeness (QED) is 0.0725. The fourth-order valence-corrected chi connectivity index (χ4v) is 9.26. The number of likely N-dealkylation sites (tertiary alicyclic amines) is 1. The van der Waals surface area contributed by atoms with Gasteiger partial charge in [-0.05, 0) is 67.4 Å². The first-order chi connectivity index (χ1) is 31.0. The van der Waals surface area contributed by atoms with Gasteiger partial charge in [-0.15, -0.1) is 0 Å². The third kappa shape index (κ3) is 9.52. The number of pyridine rings is 2. The van der Waals surface area contributed by atoms with Gasteiger partial charge in [-0.3, -0.25) is 34.1 Å². The van der Waals surface area contributed by atoms with Gasteiger partial charge < -0.3 is 20.1 Å². The van der Waals surface area contributed by atoms with Gasteiger partial charge in [0, 0.05) is 92.5 Å². The van der Waals surface area contributed by atoms with Crippen LogP contribution in [0.1, 0.15) is 53.6 Å². The SMILES string of the molecule is CCN(C)S(=O)(=O)Nc1ccc(F)c(C(=O)c2c[nH]c3ncc(-c4ccc(N5CCN(C(=O)CN6CC[C@@H](c7ccc(N[C@@H]8CCC(=O)NC8=O)cc7)C(F)(F)C6)CC5)nc4)cc23)c1F. The zero-order chi connectivity index (χ0) is 46.2. The summed E-state index contributed by atoms with van der Waals surface area (Å²) in [5.74, 6) is -8.02. The van der Waals surface area contributed by atoms with Crippen LogP contribution in [0.5, 0.6) is 0 Å². The highest BCUT2D eigenvalue weighted by atomic mass is 32.2. The lowest BCUT2D eigenvalue weighted by Gasteiger charge is -2.40. The van der Waals surface area contributed by atoms with E-state index in [1.165, 1.54) is 18.1 Å². The molecule has 21 heteroatoms. The molecule has 0 unspecified atom stereocenters. The summed E-state index contributed by atoms with van der Waals surface area (Å²) in [6, 6.07) is 12.9. The van der Waals surface area contributed by atoms with Crippen LogP contribution in [-0.2, 0) is 24.6 Å². The number of halogens is 4. The molecule has 3 aliphatic heterocycles. The number of aromatic amines is 1. The van der Waals surface area contributed by atoms with Crippen LogP contribution in [0, 0.1) is 11.6 Å². The molecule has 2 atom stereocenters. The van der Waals surface area contributed by atoms with E-state index in [0.717, 1.165) is 16.4 Å². The number of imide groups is 1. The summed E-state index contributed by atoms with van der Waals surface area (Å²) in [6.07, 6.45) is 5.17. The number of nitrogens with zero attached hydrogens (tertiary/aromatic N) is 6. The number of hydrogen-bond donors (Lipinski definition) is 4. The van der Waals surface area contributed by atoms with Crippen molar-refractivity contribution >= 4 is 61.9 Å². The maximum absolute atomic E-state index is 15.6. The highest BCUT2D eigenvalue weighted by Crippen LogP contribution is 2.41. The van der Waals surface area contributed by atoms with Gasteiger partial charge in [0.15, 0.2) is 5.82 Å². The van der Waals surface area contributed by atoms with Crippen molar-refractivity contribution in [1.82, 2.24) is 34.4 Å². The molecule has 3 amide bonds. The van der Waals surface area contributed by atoms with Crippen molar-refractivity contribution < 1.29 is 45.2 Å². The van der Waals surface area contributed by atoms with Crippen LogP contribution < -0.4 is 20.3 Å². The molecule has 3 fully saturated rings. The summed E-state index contributed by atoms with van der Waals surface area (Å²) in [7, 11) is -2.89. The molecule has 8 rings (SSSR count). The lowest BCUT2D eigenvalue weighted by molar-refractivity contribution is -0.137. The number of rotatable bonds is 13. The number of alkyl halides is 2. The van der Waals surface area contributed by atoms with Gasteiger partial charge in [0.2, 0.25) is 23.5 Å². The van der Waals surface area contributed by atoms with E-state index in [4.69, 9.17) is 0 Å². The van der Waals surface area contributed by atoms with E-state index in [0.29, 0.717) is 67.3 Å². The van der Waals surface area contributed by atoms with Gasteiger partial charge in [0.1, 0.15) is 23.3 Å². The number of amides is 3. The number of piperazine rings is 1. The lowest BCUT2D eigenvalue weighted by atomic mass is 9.86. The molecule has 5 aromatic rings. The Hall–Kier alpha value is -6.45. The summed E-state index contributed by atoms with van der Waals surface area (Å²) in [4.78, 5) is 67.5. The molecule has 3 aromatic heterocycles. The Bertz CT molecular complexity index is 2750. The number of carbonyl (C=O) groups excluding carboxylic acids is 4. The van der Waals surface area contributed by atoms with Gasteiger partial charge in [0.25, 0.3) is 5.92 Å². The molecule has 342 valence electrons. The Morgan fingerprint density at radius 1 is 0.938 bits per heavy atom. The maximum Gasteiger partial charge on any atom is 0.301 e. The monoisotopic (exact) mass is 918 g/mol. The predicted octanol–water partition coefficient (Wildman–Crippen LogP) is 4.73. The molecule has 0 spiro atoms. The molecule has 3 aliphatic rings. The van der Waals surface area contributed by atoms with Crippen LogP contribution in [0.2, 0.25) is 0 Å². The van der Waals surface area contributed by atoms with Crippen LogP contribution in [0.15, 0.2) is 73.2 Å². The zero-order valence-corrected chi connectivity index (χ0v) is 36.2.